The molecule has 5 unspecified atom stereocenters. The van der Waals surface area contributed by atoms with Crippen molar-refractivity contribution in [2.45, 2.75) is 64.1 Å². The second-order valence-corrected chi connectivity index (χ2v) is 9.00. The highest BCUT2D eigenvalue weighted by atomic mass is 31.2. The zero-order valence-electron chi connectivity index (χ0n) is 17.9. The highest BCUT2D eigenvalue weighted by molar-refractivity contribution is 7.47. The number of ether oxygens (including phenoxy) is 2. The number of aromatic nitrogens is 4. The van der Waals surface area contributed by atoms with E-state index in [2.05, 4.69) is 20.3 Å². The Hall–Kier alpha value is -2.64. The summed E-state index contributed by atoms with van der Waals surface area (Å²) in [5.74, 6) is -0.851. The number of nitrogens with one attached hydrogen (secondary N) is 2. The first-order chi connectivity index (χ1) is 15.7. The molecule has 2 aromatic rings. The molecule has 0 spiro atoms. The van der Waals surface area contributed by atoms with Crippen LogP contribution in [0.1, 0.15) is 45.8 Å². The maximum atomic E-state index is 12.4. The summed E-state index contributed by atoms with van der Waals surface area (Å²) in [6.07, 6.45) is -1.12. The first-order valence-electron chi connectivity index (χ1n) is 10.5. The van der Waals surface area contributed by atoms with Crippen LogP contribution in [-0.4, -0.2) is 61.2 Å². The lowest BCUT2D eigenvalue weighted by molar-refractivity contribution is -0.150. The summed E-state index contributed by atoms with van der Waals surface area (Å²) in [5, 5.41) is 2.51. The Morgan fingerprint density at radius 2 is 2.00 bits per heavy atom. The number of carbonyl (C=O) groups excluding carboxylic acids is 2. The molecule has 0 aromatic carbocycles. The summed E-state index contributed by atoms with van der Waals surface area (Å²) in [7, 11) is -4.36. The Morgan fingerprint density at radius 3 is 2.73 bits per heavy atom. The molecule has 0 radical (unpaired) electrons. The third-order valence-electron chi connectivity index (χ3n) is 5.10. The van der Waals surface area contributed by atoms with Gasteiger partial charge in [0.1, 0.15) is 24.9 Å². The van der Waals surface area contributed by atoms with Crippen LogP contribution in [0.4, 0.5) is 5.95 Å². The predicted octanol–water partition coefficient (Wildman–Crippen LogP) is 0.983. The highest BCUT2D eigenvalue weighted by Gasteiger charge is 2.58. The van der Waals surface area contributed by atoms with Crippen LogP contribution in [0, 0.1) is 0 Å². The molecule has 1 amide bonds. The minimum atomic E-state index is -4.36. The van der Waals surface area contributed by atoms with Crippen LogP contribution in [0.5, 0.6) is 0 Å². The lowest BCUT2D eigenvalue weighted by Crippen LogP contribution is -2.32. The van der Waals surface area contributed by atoms with Gasteiger partial charge in [0.15, 0.2) is 17.4 Å². The molecule has 33 heavy (non-hydrogen) atoms. The normalized spacial score (nSPS) is 28.7. The van der Waals surface area contributed by atoms with Crippen LogP contribution in [0.2, 0.25) is 0 Å². The average molecular weight is 485 g/mol. The molecular formula is C18H24N5O9P. The quantitative estimate of drug-likeness (QED) is 0.358. The van der Waals surface area contributed by atoms with Crippen molar-refractivity contribution in [1.82, 2.24) is 19.5 Å². The number of rotatable bonds is 8. The molecule has 15 heteroatoms. The van der Waals surface area contributed by atoms with Gasteiger partial charge in [-0.25, -0.2) is 9.55 Å². The van der Waals surface area contributed by atoms with Crippen molar-refractivity contribution in [1.29, 1.82) is 0 Å². The lowest BCUT2D eigenvalue weighted by atomic mass is 10.1. The Bertz CT molecular complexity index is 1160. The monoisotopic (exact) mass is 485 g/mol. The number of phosphoric acid groups is 1. The molecule has 0 bridgehead atoms. The molecular weight excluding hydrogens is 461 g/mol. The van der Waals surface area contributed by atoms with E-state index in [9.17, 15) is 23.8 Å². The molecule has 0 aliphatic carbocycles. The number of H-pyrrole nitrogens is 1. The van der Waals surface area contributed by atoms with Crippen molar-refractivity contribution in [3.63, 3.8) is 0 Å². The third kappa shape index (κ3) is 4.84. The van der Waals surface area contributed by atoms with Gasteiger partial charge < -0.3 is 14.4 Å². The Morgan fingerprint density at radius 1 is 1.27 bits per heavy atom. The van der Waals surface area contributed by atoms with Crippen LogP contribution in [0.3, 0.4) is 0 Å². The Labute approximate surface area is 187 Å². The fraction of sp³-hybridized carbons (Fsp3) is 0.611. The number of hydrogen-bond acceptors (Lipinski definition) is 10. The summed E-state index contributed by atoms with van der Waals surface area (Å²) in [6.45, 7) is 3.44. The van der Waals surface area contributed by atoms with Crippen LogP contribution in [-0.2, 0) is 32.7 Å². The van der Waals surface area contributed by atoms with E-state index in [1.54, 1.807) is 0 Å². The molecule has 5 atom stereocenters. The number of carbonyl (C=O) groups is 2. The van der Waals surface area contributed by atoms with E-state index in [1.807, 2.05) is 13.8 Å². The Kier molecular flexibility index (Phi) is 6.64. The summed E-state index contributed by atoms with van der Waals surface area (Å²) >= 11 is 0. The second-order valence-electron chi connectivity index (χ2n) is 7.64. The number of imidazole rings is 1. The minimum Gasteiger partial charge on any atom is -0.463 e. The molecule has 4 heterocycles. The number of phosphoric ester groups is 1. The van der Waals surface area contributed by atoms with Gasteiger partial charge in [0.25, 0.3) is 5.56 Å². The van der Waals surface area contributed by atoms with Crippen molar-refractivity contribution in [2.24, 2.45) is 0 Å². The number of esters is 1. The lowest BCUT2D eigenvalue weighted by Gasteiger charge is -2.19. The molecule has 3 N–H and O–H groups in total. The molecule has 180 valence electrons. The van der Waals surface area contributed by atoms with E-state index in [0.717, 1.165) is 0 Å². The number of fused-ring (bicyclic) bond motifs is 2. The van der Waals surface area contributed by atoms with Crippen LogP contribution >= 0.6 is 7.82 Å². The van der Waals surface area contributed by atoms with Gasteiger partial charge in [-0.3, -0.25) is 38.3 Å². The maximum Gasteiger partial charge on any atom is 0.473 e. The van der Waals surface area contributed by atoms with Gasteiger partial charge in [0.2, 0.25) is 11.9 Å². The molecule has 2 fully saturated rings. The third-order valence-corrected chi connectivity index (χ3v) is 6.12. The van der Waals surface area contributed by atoms with Gasteiger partial charge in [0.05, 0.1) is 6.33 Å². The largest absolute Gasteiger partial charge is 0.473 e. The van der Waals surface area contributed by atoms with Crippen LogP contribution < -0.4 is 10.9 Å². The van der Waals surface area contributed by atoms with Crippen molar-refractivity contribution in [3.8, 4) is 0 Å². The molecule has 0 saturated carbocycles. The van der Waals surface area contributed by atoms with E-state index in [4.69, 9.17) is 18.5 Å². The maximum absolute atomic E-state index is 12.4. The van der Waals surface area contributed by atoms with Gasteiger partial charge in [-0.15, -0.1) is 0 Å². The second kappa shape index (κ2) is 9.31. The van der Waals surface area contributed by atoms with Gasteiger partial charge in [-0.1, -0.05) is 13.8 Å². The highest BCUT2D eigenvalue weighted by Crippen LogP contribution is 2.58. The number of anilines is 1. The SMILES string of the molecule is CCCC(=O)Nc1nc2c(ncn2C2OC(COC(=O)CCC)C3OP(=O)(O)OC32)c(=O)[nH]1. The fourth-order valence-corrected chi connectivity index (χ4v) is 4.83. The summed E-state index contributed by atoms with van der Waals surface area (Å²) < 4.78 is 34.9. The smallest absolute Gasteiger partial charge is 0.463 e. The topological polar surface area (TPSA) is 184 Å². The van der Waals surface area contributed by atoms with E-state index in [1.165, 1.54) is 10.9 Å². The van der Waals surface area contributed by atoms with Gasteiger partial charge in [-0.2, -0.15) is 4.98 Å². The summed E-state index contributed by atoms with van der Waals surface area (Å²) in [5.41, 5.74) is -0.574. The van der Waals surface area contributed by atoms with E-state index in [-0.39, 0.29) is 42.5 Å². The van der Waals surface area contributed by atoms with Crippen LogP contribution in [0.25, 0.3) is 11.2 Å². The van der Waals surface area contributed by atoms with Crippen molar-refractivity contribution >= 4 is 36.8 Å². The predicted molar refractivity (Wildman–Crippen MR) is 111 cm³/mol. The molecule has 14 nitrogen and oxygen atoms in total. The first-order valence-corrected chi connectivity index (χ1v) is 12.0. The van der Waals surface area contributed by atoms with E-state index < -0.39 is 43.9 Å². The van der Waals surface area contributed by atoms with Gasteiger partial charge in [-0.05, 0) is 12.8 Å². The van der Waals surface area contributed by atoms with Crippen molar-refractivity contribution in [2.75, 3.05) is 11.9 Å². The molecule has 2 aliphatic heterocycles. The van der Waals surface area contributed by atoms with Gasteiger partial charge >= 0.3 is 13.8 Å². The molecule has 2 saturated heterocycles. The standard InChI is InChI=1S/C18H24N5O9P/c1-3-5-10(24)20-18-21-15-12(16(26)22-18)19-8-23(15)17-14-13(31-33(27,28)32-14)9(30-17)7-29-11(25)6-4-2/h8-9,13-14,17H,3-7H2,1-2H3,(H,27,28)(H2,20,21,22,24,26). The van der Waals surface area contributed by atoms with Crippen LogP contribution in [0.15, 0.2) is 11.1 Å². The summed E-state index contributed by atoms with van der Waals surface area (Å²) in [4.78, 5) is 56.7. The zero-order chi connectivity index (χ0) is 23.8. The number of aromatic amines is 1. The molecule has 4 rings (SSSR count). The van der Waals surface area contributed by atoms with Gasteiger partial charge in [0, 0.05) is 12.8 Å². The minimum absolute atomic E-state index is 0.0347. The summed E-state index contributed by atoms with van der Waals surface area (Å²) in [6, 6.07) is 0. The van der Waals surface area contributed by atoms with E-state index >= 15 is 0 Å². The number of hydrogen-bond donors (Lipinski definition) is 3. The fourth-order valence-electron chi connectivity index (χ4n) is 3.68. The van der Waals surface area contributed by atoms with E-state index in [0.29, 0.717) is 12.8 Å². The molecule has 2 aliphatic rings. The number of nitrogens with zero attached hydrogens (tertiary/aromatic N) is 3. The zero-order valence-corrected chi connectivity index (χ0v) is 18.8. The Balaban J connectivity index is 1.64. The molecule has 2 aromatic heterocycles. The van der Waals surface area contributed by atoms with Crippen molar-refractivity contribution in [3.05, 3.63) is 16.7 Å². The van der Waals surface area contributed by atoms with Crippen molar-refractivity contribution < 1.29 is 37.6 Å². The number of amides is 1. The first kappa shape index (κ1) is 23.5. The average Bonchev–Trinajstić information content (AvgIpc) is 3.38.